The number of fused-ring (bicyclic) bond motifs is 1. The van der Waals surface area contributed by atoms with Crippen molar-refractivity contribution in [2.45, 2.75) is 19.8 Å². The molecule has 0 spiro atoms. The lowest BCUT2D eigenvalue weighted by atomic mass is 9.75. The molecule has 1 aliphatic carbocycles. The molecule has 3 aromatic rings. The van der Waals surface area contributed by atoms with Gasteiger partial charge < -0.3 is 4.90 Å². The van der Waals surface area contributed by atoms with Crippen LogP contribution in [0.3, 0.4) is 0 Å². The molecule has 2 aromatic heterocycles. The van der Waals surface area contributed by atoms with Crippen LogP contribution in [-0.2, 0) is 11.8 Å². The lowest BCUT2D eigenvalue weighted by molar-refractivity contribution is -0.124. The molecule has 0 radical (unpaired) electrons. The van der Waals surface area contributed by atoms with Gasteiger partial charge >= 0.3 is 0 Å². The minimum absolute atomic E-state index is 0.0196. The van der Waals surface area contributed by atoms with Crippen LogP contribution in [0.1, 0.15) is 19.8 Å². The fourth-order valence-corrected chi connectivity index (χ4v) is 5.09. The van der Waals surface area contributed by atoms with Gasteiger partial charge in [-0.15, -0.1) is 0 Å². The molecule has 2 fully saturated rings. The smallest absolute Gasteiger partial charge is 0.248 e. The second-order valence-electron chi connectivity index (χ2n) is 7.72. The largest absolute Gasteiger partial charge is 0.310 e. The summed E-state index contributed by atoms with van der Waals surface area (Å²) >= 11 is 1.39. The Morgan fingerprint density at radius 3 is 2.81 bits per heavy atom. The van der Waals surface area contributed by atoms with Crippen molar-refractivity contribution in [1.82, 2.24) is 14.2 Å². The van der Waals surface area contributed by atoms with Crippen LogP contribution in [0.25, 0.3) is 22.0 Å². The van der Waals surface area contributed by atoms with E-state index in [-0.39, 0.29) is 17.7 Å². The Balaban J connectivity index is 1.66. The molecule has 1 saturated heterocycles. The fraction of sp³-hybridized carbons (Fsp3) is 0.400. The second-order valence-corrected chi connectivity index (χ2v) is 8.35. The molecule has 5 rings (SSSR count). The van der Waals surface area contributed by atoms with Crippen molar-refractivity contribution in [3.63, 3.8) is 0 Å². The predicted molar refractivity (Wildman–Crippen MR) is 104 cm³/mol. The van der Waals surface area contributed by atoms with Gasteiger partial charge in [-0.05, 0) is 48.0 Å². The Labute approximate surface area is 161 Å². The first-order valence-electron chi connectivity index (χ1n) is 9.15. The average molecular weight is 377 g/mol. The van der Waals surface area contributed by atoms with Crippen molar-refractivity contribution in [2.75, 3.05) is 11.4 Å². The molecule has 2 aliphatic rings. The van der Waals surface area contributed by atoms with E-state index in [1.165, 1.54) is 11.5 Å². The maximum atomic E-state index is 13.4. The number of benzene rings is 1. The number of rotatable bonds is 3. The number of nitriles is 1. The van der Waals surface area contributed by atoms with Crippen LogP contribution >= 0.6 is 11.5 Å². The monoisotopic (exact) mass is 377 g/mol. The summed E-state index contributed by atoms with van der Waals surface area (Å²) < 4.78 is 6.26. The number of aryl methyl sites for hydroxylation is 1. The van der Waals surface area contributed by atoms with Gasteiger partial charge in [-0.3, -0.25) is 9.48 Å². The third-order valence-electron chi connectivity index (χ3n) is 6.03. The molecule has 7 heteroatoms. The van der Waals surface area contributed by atoms with Crippen LogP contribution in [0, 0.1) is 28.6 Å². The van der Waals surface area contributed by atoms with Gasteiger partial charge in [-0.2, -0.15) is 14.7 Å². The van der Waals surface area contributed by atoms with Crippen LogP contribution in [0.4, 0.5) is 5.69 Å². The Bertz CT molecular complexity index is 1110. The topological polar surface area (TPSA) is 74.8 Å². The van der Waals surface area contributed by atoms with Gasteiger partial charge in [0.05, 0.1) is 23.5 Å². The van der Waals surface area contributed by atoms with Crippen molar-refractivity contribution in [3.05, 3.63) is 29.9 Å². The highest BCUT2D eigenvalue weighted by molar-refractivity contribution is 7.04. The van der Waals surface area contributed by atoms with E-state index in [2.05, 4.69) is 15.5 Å². The molecule has 0 unspecified atom stereocenters. The number of carbonyl (C=O) groups excluding carboxylic acids is 1. The molecule has 6 nitrogen and oxygen atoms in total. The Kier molecular flexibility index (Phi) is 3.43. The highest BCUT2D eigenvalue weighted by Crippen LogP contribution is 2.55. The summed E-state index contributed by atoms with van der Waals surface area (Å²) in [5.74, 6) is 0.176. The van der Waals surface area contributed by atoms with Gasteiger partial charge in [-0.25, -0.2) is 0 Å². The molecule has 1 saturated carbocycles. The summed E-state index contributed by atoms with van der Waals surface area (Å²) in [6.07, 6.45) is 5.72. The zero-order valence-electron chi connectivity index (χ0n) is 15.2. The summed E-state index contributed by atoms with van der Waals surface area (Å²) in [4.78, 5) is 15.3. The summed E-state index contributed by atoms with van der Waals surface area (Å²) in [5.41, 5.74) is 2.83. The van der Waals surface area contributed by atoms with E-state index in [4.69, 9.17) is 0 Å². The highest BCUT2D eigenvalue weighted by atomic mass is 32.1. The van der Waals surface area contributed by atoms with Crippen molar-refractivity contribution >= 4 is 34.0 Å². The maximum absolute atomic E-state index is 13.4. The molecule has 1 aromatic carbocycles. The van der Waals surface area contributed by atoms with Gasteiger partial charge in [0.15, 0.2) is 0 Å². The Hall–Kier alpha value is -2.72. The van der Waals surface area contributed by atoms with Crippen molar-refractivity contribution in [3.8, 4) is 17.2 Å². The van der Waals surface area contributed by atoms with Crippen LogP contribution in [0.5, 0.6) is 0 Å². The molecule has 1 amide bonds. The number of nitrogens with zero attached hydrogens (tertiary/aromatic N) is 5. The first-order chi connectivity index (χ1) is 13.0. The van der Waals surface area contributed by atoms with Gasteiger partial charge in [-0.1, -0.05) is 6.92 Å². The number of amides is 1. The average Bonchev–Trinajstić information content (AvgIpc) is 3.12. The van der Waals surface area contributed by atoms with E-state index in [9.17, 15) is 10.1 Å². The molecular weight excluding hydrogens is 358 g/mol. The van der Waals surface area contributed by atoms with Gasteiger partial charge in [0.2, 0.25) is 5.91 Å². The molecule has 2 atom stereocenters. The zero-order chi connectivity index (χ0) is 18.8. The number of carbonyl (C=O) groups is 1. The third-order valence-corrected chi connectivity index (χ3v) is 6.67. The summed E-state index contributed by atoms with van der Waals surface area (Å²) in [6.45, 7) is 2.61. The molecule has 0 bridgehead atoms. The first kappa shape index (κ1) is 16.5. The van der Waals surface area contributed by atoms with E-state index < -0.39 is 5.41 Å². The standard InChI is InChI=1S/C20H19N5OS/c1-12-8-25(19(26)20(12,11-21)15-3-4-15)18-6-13(14-7-22-24(2)9-14)5-17-16(18)10-27-23-17/h5-7,9-10,12,15H,3-4,8H2,1-2H3/t12-,20+/m1/s1. The second kappa shape index (κ2) is 5.64. The fourth-order valence-electron chi connectivity index (χ4n) is 4.42. The predicted octanol–water partition coefficient (Wildman–Crippen LogP) is 3.60. The summed E-state index contributed by atoms with van der Waals surface area (Å²) in [6, 6.07) is 6.49. The summed E-state index contributed by atoms with van der Waals surface area (Å²) in [7, 11) is 1.88. The van der Waals surface area contributed by atoms with Crippen molar-refractivity contribution in [1.29, 1.82) is 5.26 Å². The Morgan fingerprint density at radius 1 is 1.33 bits per heavy atom. The molecule has 1 aliphatic heterocycles. The number of hydrogen-bond donors (Lipinski definition) is 0. The van der Waals surface area contributed by atoms with E-state index in [1.54, 1.807) is 4.68 Å². The Morgan fingerprint density at radius 2 is 2.15 bits per heavy atom. The molecule has 136 valence electrons. The number of anilines is 1. The molecule has 3 heterocycles. The quantitative estimate of drug-likeness (QED) is 0.699. The minimum Gasteiger partial charge on any atom is -0.310 e. The number of hydrogen-bond acceptors (Lipinski definition) is 5. The van der Waals surface area contributed by atoms with Gasteiger partial charge in [0.1, 0.15) is 5.41 Å². The van der Waals surface area contributed by atoms with E-state index in [1.807, 2.05) is 48.8 Å². The molecular formula is C20H19N5OS. The lowest BCUT2D eigenvalue weighted by Gasteiger charge is -2.23. The first-order valence-corrected chi connectivity index (χ1v) is 9.98. The van der Waals surface area contributed by atoms with Gasteiger partial charge in [0.25, 0.3) is 0 Å². The van der Waals surface area contributed by atoms with Crippen LogP contribution in [0.2, 0.25) is 0 Å². The summed E-state index contributed by atoms with van der Waals surface area (Å²) in [5, 5.41) is 17.1. The normalized spacial score (nSPS) is 25.3. The minimum atomic E-state index is -0.875. The van der Waals surface area contributed by atoms with Crippen LogP contribution in [-0.4, -0.2) is 26.6 Å². The zero-order valence-corrected chi connectivity index (χ0v) is 16.0. The van der Waals surface area contributed by atoms with Gasteiger partial charge in [0, 0.05) is 42.0 Å². The lowest BCUT2D eigenvalue weighted by Crippen LogP contribution is -2.37. The molecule has 0 N–H and O–H groups in total. The van der Waals surface area contributed by atoms with E-state index in [0.29, 0.717) is 6.54 Å². The van der Waals surface area contributed by atoms with Crippen LogP contribution in [0.15, 0.2) is 29.9 Å². The van der Waals surface area contributed by atoms with Crippen LogP contribution < -0.4 is 4.90 Å². The van der Waals surface area contributed by atoms with Crippen molar-refractivity contribution < 1.29 is 4.79 Å². The maximum Gasteiger partial charge on any atom is 0.248 e. The van der Waals surface area contributed by atoms with E-state index in [0.717, 1.165) is 40.6 Å². The van der Waals surface area contributed by atoms with Crippen molar-refractivity contribution in [2.24, 2.45) is 24.3 Å². The third kappa shape index (κ3) is 2.26. The highest BCUT2D eigenvalue weighted by Gasteiger charge is 2.61. The number of aromatic nitrogens is 3. The SMILES string of the molecule is C[C@@H]1CN(c2cc(-c3cnn(C)c3)cc3nscc23)C(=O)[C@]1(C#N)C1CC1. The molecule has 27 heavy (non-hydrogen) atoms. The van der Waals surface area contributed by atoms with E-state index >= 15 is 0 Å².